The molecular weight excluding hydrogens is 542 g/mol. The van der Waals surface area contributed by atoms with Gasteiger partial charge in [0.1, 0.15) is 12.6 Å². The van der Waals surface area contributed by atoms with Crippen molar-refractivity contribution in [3.8, 4) is 11.5 Å². The van der Waals surface area contributed by atoms with E-state index in [1.54, 1.807) is 12.1 Å². The lowest BCUT2D eigenvalue weighted by Crippen LogP contribution is -2.53. The Labute approximate surface area is 243 Å². The number of sulfonamides is 1. The molecular formula is C31H39N3O6S. The Balaban J connectivity index is 2.05. The maximum absolute atomic E-state index is 14.1. The molecule has 3 rings (SSSR count). The summed E-state index contributed by atoms with van der Waals surface area (Å²) in [6, 6.07) is 22.5. The van der Waals surface area contributed by atoms with Gasteiger partial charge in [-0.15, -0.1) is 0 Å². The molecule has 0 heterocycles. The highest BCUT2D eigenvalue weighted by molar-refractivity contribution is 7.92. The third-order valence-electron chi connectivity index (χ3n) is 6.49. The molecule has 3 aromatic carbocycles. The van der Waals surface area contributed by atoms with Crippen molar-refractivity contribution in [3.63, 3.8) is 0 Å². The second kappa shape index (κ2) is 14.5. The first-order valence-corrected chi connectivity index (χ1v) is 15.2. The maximum atomic E-state index is 14.1. The fourth-order valence-electron chi connectivity index (χ4n) is 4.35. The van der Waals surface area contributed by atoms with Crippen LogP contribution in [0.15, 0.2) is 78.9 Å². The van der Waals surface area contributed by atoms with Crippen molar-refractivity contribution >= 4 is 27.5 Å². The second-order valence-corrected chi connectivity index (χ2v) is 12.1. The highest BCUT2D eigenvalue weighted by Gasteiger charge is 2.33. The highest BCUT2D eigenvalue weighted by Crippen LogP contribution is 2.32. The number of hydrogen-bond donors (Lipinski definition) is 1. The van der Waals surface area contributed by atoms with Gasteiger partial charge in [-0.2, -0.15) is 0 Å². The summed E-state index contributed by atoms with van der Waals surface area (Å²) < 4.78 is 37.6. The molecule has 0 aliphatic heterocycles. The van der Waals surface area contributed by atoms with Gasteiger partial charge in [-0.1, -0.05) is 74.5 Å². The Morgan fingerprint density at radius 1 is 0.854 bits per heavy atom. The van der Waals surface area contributed by atoms with E-state index in [2.05, 4.69) is 5.32 Å². The van der Waals surface area contributed by atoms with Crippen LogP contribution in [0.4, 0.5) is 5.69 Å². The van der Waals surface area contributed by atoms with E-state index in [0.717, 1.165) is 21.7 Å². The van der Waals surface area contributed by atoms with Crippen LogP contribution in [0.3, 0.4) is 0 Å². The van der Waals surface area contributed by atoms with Crippen LogP contribution in [0.25, 0.3) is 0 Å². The number of nitrogens with zero attached hydrogens (tertiary/aromatic N) is 2. The van der Waals surface area contributed by atoms with Crippen molar-refractivity contribution in [1.29, 1.82) is 0 Å². The molecule has 0 aromatic heterocycles. The molecule has 0 fully saturated rings. The number of ether oxygens (including phenoxy) is 2. The molecule has 0 saturated heterocycles. The Morgan fingerprint density at radius 3 is 1.98 bits per heavy atom. The quantitative estimate of drug-likeness (QED) is 0.310. The predicted octanol–water partition coefficient (Wildman–Crippen LogP) is 3.88. The standard InChI is InChI=1S/C31H39N3O6S/c1-23(2)20-32-31(36)27(18-24-12-8-6-9-13-24)33(21-25-14-10-7-11-15-25)30(35)22-34(41(5,37)38)26-16-17-28(39-3)29(19-26)40-4/h6-17,19,23,27H,18,20-22H2,1-5H3,(H,32,36). The highest BCUT2D eigenvalue weighted by atomic mass is 32.2. The zero-order valence-corrected chi connectivity index (χ0v) is 25.1. The fraction of sp³-hybridized carbons (Fsp3) is 0.355. The average molecular weight is 582 g/mol. The minimum atomic E-state index is -3.90. The van der Waals surface area contributed by atoms with E-state index in [1.165, 1.54) is 25.2 Å². The Hall–Kier alpha value is -4.05. The van der Waals surface area contributed by atoms with E-state index < -0.39 is 28.5 Å². The summed E-state index contributed by atoms with van der Waals surface area (Å²) in [5.74, 6) is 0.132. The summed E-state index contributed by atoms with van der Waals surface area (Å²) in [5.41, 5.74) is 1.93. The summed E-state index contributed by atoms with van der Waals surface area (Å²) in [5, 5.41) is 2.97. The number of anilines is 1. The first kappa shape index (κ1) is 31.5. The molecule has 10 heteroatoms. The number of rotatable bonds is 14. The smallest absolute Gasteiger partial charge is 0.244 e. The van der Waals surface area contributed by atoms with E-state index in [0.29, 0.717) is 18.0 Å². The number of carbonyl (C=O) groups excluding carboxylic acids is 2. The van der Waals surface area contributed by atoms with Gasteiger partial charge in [0.2, 0.25) is 21.8 Å². The normalized spacial score (nSPS) is 12.0. The van der Waals surface area contributed by atoms with Crippen LogP contribution in [0, 0.1) is 5.92 Å². The van der Waals surface area contributed by atoms with E-state index in [4.69, 9.17) is 9.47 Å². The van der Waals surface area contributed by atoms with E-state index in [9.17, 15) is 18.0 Å². The minimum Gasteiger partial charge on any atom is -0.493 e. The van der Waals surface area contributed by atoms with Crippen LogP contribution in [0.2, 0.25) is 0 Å². The molecule has 9 nitrogen and oxygen atoms in total. The Morgan fingerprint density at radius 2 is 1.44 bits per heavy atom. The zero-order valence-electron chi connectivity index (χ0n) is 24.2. The van der Waals surface area contributed by atoms with Gasteiger partial charge in [0.15, 0.2) is 11.5 Å². The first-order valence-electron chi connectivity index (χ1n) is 13.4. The molecule has 1 unspecified atom stereocenters. The Kier molecular flexibility index (Phi) is 11.2. The summed E-state index contributed by atoms with van der Waals surface area (Å²) >= 11 is 0. The van der Waals surface area contributed by atoms with Crippen molar-refractivity contribution in [3.05, 3.63) is 90.0 Å². The maximum Gasteiger partial charge on any atom is 0.244 e. The van der Waals surface area contributed by atoms with Gasteiger partial charge in [-0.3, -0.25) is 13.9 Å². The lowest BCUT2D eigenvalue weighted by atomic mass is 10.0. The summed E-state index contributed by atoms with van der Waals surface area (Å²) in [6.07, 6.45) is 1.30. The van der Waals surface area contributed by atoms with Crippen LogP contribution in [0.5, 0.6) is 11.5 Å². The molecule has 3 aromatic rings. The second-order valence-electron chi connectivity index (χ2n) is 10.2. The van der Waals surface area contributed by atoms with Crippen LogP contribution < -0.4 is 19.1 Å². The lowest BCUT2D eigenvalue weighted by Gasteiger charge is -2.33. The number of carbonyl (C=O) groups is 2. The third kappa shape index (κ3) is 8.97. The number of methoxy groups -OCH3 is 2. The lowest BCUT2D eigenvalue weighted by molar-refractivity contribution is -0.140. The van der Waals surface area contributed by atoms with Gasteiger partial charge in [0.05, 0.1) is 26.2 Å². The van der Waals surface area contributed by atoms with E-state index in [-0.39, 0.29) is 30.5 Å². The molecule has 0 spiro atoms. The van der Waals surface area contributed by atoms with Crippen LogP contribution in [-0.4, -0.2) is 64.7 Å². The number of benzene rings is 3. The van der Waals surface area contributed by atoms with Gasteiger partial charge < -0.3 is 19.7 Å². The van der Waals surface area contributed by atoms with Gasteiger partial charge >= 0.3 is 0 Å². The molecule has 0 saturated carbocycles. The third-order valence-corrected chi connectivity index (χ3v) is 7.63. The number of amides is 2. The van der Waals surface area contributed by atoms with Crippen LogP contribution in [-0.2, 0) is 32.6 Å². The molecule has 1 N–H and O–H groups in total. The average Bonchev–Trinajstić information content (AvgIpc) is 2.96. The van der Waals surface area contributed by atoms with E-state index in [1.807, 2.05) is 74.5 Å². The summed E-state index contributed by atoms with van der Waals surface area (Å²) in [6.45, 7) is 4.04. The van der Waals surface area contributed by atoms with Gasteiger partial charge in [-0.25, -0.2) is 8.42 Å². The largest absolute Gasteiger partial charge is 0.493 e. The van der Waals surface area contributed by atoms with Crippen molar-refractivity contribution < 1.29 is 27.5 Å². The SMILES string of the molecule is COc1ccc(N(CC(=O)N(Cc2ccccc2)C(Cc2ccccc2)C(=O)NCC(C)C)S(C)(=O)=O)cc1OC. The van der Waals surface area contributed by atoms with E-state index >= 15 is 0 Å². The topological polar surface area (TPSA) is 105 Å². The van der Waals surface area contributed by atoms with Crippen LogP contribution >= 0.6 is 0 Å². The van der Waals surface area contributed by atoms with Gasteiger partial charge in [0.25, 0.3) is 0 Å². The molecule has 0 bridgehead atoms. The molecule has 41 heavy (non-hydrogen) atoms. The molecule has 220 valence electrons. The van der Waals surface area contributed by atoms with Crippen molar-refractivity contribution in [2.75, 3.05) is 37.9 Å². The number of nitrogens with one attached hydrogen (secondary N) is 1. The number of hydrogen-bond acceptors (Lipinski definition) is 6. The predicted molar refractivity (Wildman–Crippen MR) is 161 cm³/mol. The first-order chi connectivity index (χ1) is 19.5. The van der Waals surface area contributed by atoms with Gasteiger partial charge in [0, 0.05) is 25.6 Å². The zero-order chi connectivity index (χ0) is 30.0. The van der Waals surface area contributed by atoms with Crippen molar-refractivity contribution in [1.82, 2.24) is 10.2 Å². The summed E-state index contributed by atoms with van der Waals surface area (Å²) in [7, 11) is -0.974. The fourth-order valence-corrected chi connectivity index (χ4v) is 5.19. The van der Waals surface area contributed by atoms with Crippen molar-refractivity contribution in [2.24, 2.45) is 5.92 Å². The monoisotopic (exact) mass is 581 g/mol. The molecule has 1 atom stereocenters. The minimum absolute atomic E-state index is 0.121. The summed E-state index contributed by atoms with van der Waals surface area (Å²) in [4.78, 5) is 29.2. The van der Waals surface area contributed by atoms with Crippen LogP contribution in [0.1, 0.15) is 25.0 Å². The molecule has 0 aliphatic rings. The molecule has 2 amide bonds. The van der Waals surface area contributed by atoms with Crippen molar-refractivity contribution in [2.45, 2.75) is 32.9 Å². The van der Waals surface area contributed by atoms with Gasteiger partial charge in [-0.05, 0) is 29.2 Å². The Bertz CT molecular complexity index is 1400. The molecule has 0 aliphatic carbocycles. The molecule has 0 radical (unpaired) electrons.